The van der Waals surface area contributed by atoms with Crippen LogP contribution in [0.25, 0.3) is 22.0 Å². The first-order valence-electron chi connectivity index (χ1n) is 14.0. The summed E-state index contributed by atoms with van der Waals surface area (Å²) >= 11 is 8.76. The molecule has 0 aliphatic rings. The molecular formula is C34H29ClIN3O7. The molecule has 5 aromatic rings. The maximum atomic E-state index is 13.4. The Labute approximate surface area is 283 Å². The molecule has 0 unspecified atom stereocenters. The van der Waals surface area contributed by atoms with Crippen molar-refractivity contribution < 1.29 is 33.3 Å². The SMILES string of the molecule is CCOc1cc(C=NNC(=O)c2[nH]c3c(I)cccc3c2-c2ccccc2Cl)ccc1OC(=O)c1cc(OC)c(OC)c(OC)c1. The van der Waals surface area contributed by atoms with E-state index >= 15 is 0 Å². The van der Waals surface area contributed by atoms with Crippen LogP contribution in [-0.2, 0) is 0 Å². The Balaban J connectivity index is 1.38. The van der Waals surface area contributed by atoms with Gasteiger partial charge in [0.25, 0.3) is 5.91 Å². The number of hydrazone groups is 1. The van der Waals surface area contributed by atoms with Gasteiger partial charge in [0.15, 0.2) is 23.0 Å². The molecule has 46 heavy (non-hydrogen) atoms. The summed E-state index contributed by atoms with van der Waals surface area (Å²) in [6, 6.07) is 21.1. The second-order valence-electron chi connectivity index (χ2n) is 9.66. The van der Waals surface area contributed by atoms with E-state index in [1.807, 2.05) is 43.3 Å². The number of fused-ring (bicyclic) bond motifs is 1. The lowest BCUT2D eigenvalue weighted by Crippen LogP contribution is -2.19. The highest BCUT2D eigenvalue weighted by Crippen LogP contribution is 2.40. The summed E-state index contributed by atoms with van der Waals surface area (Å²) < 4.78 is 28.4. The zero-order valence-corrected chi connectivity index (χ0v) is 28.2. The van der Waals surface area contributed by atoms with Crippen molar-refractivity contribution in [1.29, 1.82) is 0 Å². The third-order valence-corrected chi connectivity index (χ3v) is 8.13. The van der Waals surface area contributed by atoms with Gasteiger partial charge in [-0.25, -0.2) is 10.2 Å². The summed E-state index contributed by atoms with van der Waals surface area (Å²) in [7, 11) is 4.39. The van der Waals surface area contributed by atoms with E-state index in [2.05, 4.69) is 38.1 Å². The average molecular weight is 754 g/mol. The number of benzene rings is 4. The number of hydrogen-bond acceptors (Lipinski definition) is 8. The number of rotatable bonds is 11. The highest BCUT2D eigenvalue weighted by molar-refractivity contribution is 14.1. The largest absolute Gasteiger partial charge is 0.493 e. The summed E-state index contributed by atoms with van der Waals surface area (Å²) in [5.41, 5.74) is 5.94. The van der Waals surface area contributed by atoms with E-state index in [4.69, 9.17) is 35.3 Å². The first-order valence-corrected chi connectivity index (χ1v) is 15.4. The topological polar surface area (TPSA) is 120 Å². The maximum absolute atomic E-state index is 13.4. The van der Waals surface area contributed by atoms with Crippen LogP contribution in [-0.4, -0.2) is 51.0 Å². The second-order valence-corrected chi connectivity index (χ2v) is 11.2. The predicted molar refractivity (Wildman–Crippen MR) is 185 cm³/mol. The maximum Gasteiger partial charge on any atom is 0.343 e. The zero-order valence-electron chi connectivity index (χ0n) is 25.3. The van der Waals surface area contributed by atoms with E-state index < -0.39 is 11.9 Å². The molecule has 1 aromatic heterocycles. The quantitative estimate of drug-likeness (QED) is 0.0472. The minimum absolute atomic E-state index is 0.188. The Morgan fingerprint density at radius 1 is 0.913 bits per heavy atom. The molecule has 0 bridgehead atoms. The van der Waals surface area contributed by atoms with Crippen molar-refractivity contribution in [3.63, 3.8) is 0 Å². The van der Waals surface area contributed by atoms with Crippen LogP contribution in [0.5, 0.6) is 28.7 Å². The molecule has 4 aromatic carbocycles. The molecule has 2 N–H and O–H groups in total. The fourth-order valence-corrected chi connectivity index (χ4v) is 5.70. The number of aromatic nitrogens is 1. The van der Waals surface area contributed by atoms with Gasteiger partial charge in [-0.3, -0.25) is 4.79 Å². The van der Waals surface area contributed by atoms with Crippen LogP contribution in [0.2, 0.25) is 5.02 Å². The monoisotopic (exact) mass is 753 g/mol. The lowest BCUT2D eigenvalue weighted by atomic mass is 10.0. The molecule has 0 saturated heterocycles. The van der Waals surface area contributed by atoms with Crippen LogP contribution in [0.1, 0.15) is 33.3 Å². The van der Waals surface area contributed by atoms with Crippen molar-refractivity contribution in [2.24, 2.45) is 5.10 Å². The van der Waals surface area contributed by atoms with Crippen LogP contribution in [0.4, 0.5) is 0 Å². The first kappa shape index (κ1) is 32.6. The third-order valence-electron chi connectivity index (χ3n) is 6.90. The zero-order chi connectivity index (χ0) is 32.8. The smallest absolute Gasteiger partial charge is 0.343 e. The molecule has 0 saturated carbocycles. The van der Waals surface area contributed by atoms with Crippen molar-refractivity contribution in [2.75, 3.05) is 27.9 Å². The minimum atomic E-state index is -0.656. The van der Waals surface area contributed by atoms with E-state index in [9.17, 15) is 9.59 Å². The van der Waals surface area contributed by atoms with Crippen molar-refractivity contribution >= 4 is 63.2 Å². The average Bonchev–Trinajstić information content (AvgIpc) is 3.46. The number of hydrogen-bond donors (Lipinski definition) is 2. The minimum Gasteiger partial charge on any atom is -0.493 e. The van der Waals surface area contributed by atoms with Crippen molar-refractivity contribution in [3.05, 3.63) is 98.2 Å². The Kier molecular flexibility index (Phi) is 10.3. The fourth-order valence-electron chi connectivity index (χ4n) is 4.83. The van der Waals surface area contributed by atoms with E-state index in [0.717, 1.165) is 20.0 Å². The summed E-state index contributed by atoms with van der Waals surface area (Å²) in [4.78, 5) is 29.8. The van der Waals surface area contributed by atoms with Gasteiger partial charge in [0.1, 0.15) is 5.69 Å². The molecule has 236 valence electrons. The van der Waals surface area contributed by atoms with Gasteiger partial charge >= 0.3 is 5.97 Å². The fraction of sp³-hybridized carbons (Fsp3) is 0.147. The summed E-state index contributed by atoms with van der Waals surface area (Å²) in [5.74, 6) is 0.382. The number of amides is 1. The molecule has 5 rings (SSSR count). The predicted octanol–water partition coefficient (Wildman–Crippen LogP) is 7.50. The lowest BCUT2D eigenvalue weighted by Gasteiger charge is -2.15. The number of nitrogens with one attached hydrogen (secondary N) is 2. The van der Waals surface area contributed by atoms with Crippen LogP contribution in [0.3, 0.4) is 0 Å². The molecule has 12 heteroatoms. The molecule has 10 nitrogen and oxygen atoms in total. The van der Waals surface area contributed by atoms with Crippen LogP contribution < -0.4 is 29.1 Å². The van der Waals surface area contributed by atoms with E-state index in [0.29, 0.717) is 51.4 Å². The Morgan fingerprint density at radius 3 is 2.33 bits per heavy atom. The molecule has 1 amide bonds. The number of nitrogens with zero attached hydrogens (tertiary/aromatic N) is 1. The van der Waals surface area contributed by atoms with Crippen molar-refractivity contribution in [1.82, 2.24) is 10.4 Å². The standard InChI is InChI=1S/C34H29ClIN3O7/c1-5-45-26-15-19(13-14-25(26)46-34(41)20-16-27(42-2)32(44-4)28(17-20)43-3)18-37-39-33(40)31-29(21-9-6-7-11-23(21)35)22-10-8-12-24(36)30(22)38-31/h6-18,38H,5H2,1-4H3,(H,39,40). The molecule has 0 atom stereocenters. The van der Waals surface area contributed by atoms with Crippen LogP contribution >= 0.6 is 34.2 Å². The van der Waals surface area contributed by atoms with Crippen LogP contribution in [0, 0.1) is 3.57 Å². The summed E-state index contributed by atoms with van der Waals surface area (Å²) in [6.45, 7) is 2.12. The Bertz CT molecular complexity index is 1930. The van der Waals surface area contributed by atoms with Gasteiger partial charge in [-0.1, -0.05) is 41.9 Å². The highest BCUT2D eigenvalue weighted by Gasteiger charge is 2.22. The molecule has 0 aliphatic carbocycles. The molecule has 0 radical (unpaired) electrons. The van der Waals surface area contributed by atoms with Gasteiger partial charge in [-0.2, -0.15) is 5.10 Å². The lowest BCUT2D eigenvalue weighted by molar-refractivity contribution is 0.0727. The number of H-pyrrole nitrogens is 1. The van der Waals surface area contributed by atoms with Crippen LogP contribution in [0.15, 0.2) is 77.9 Å². The van der Waals surface area contributed by atoms with Gasteiger partial charge in [-0.15, -0.1) is 0 Å². The van der Waals surface area contributed by atoms with Crippen molar-refractivity contribution in [3.8, 4) is 39.9 Å². The van der Waals surface area contributed by atoms with Gasteiger partial charge < -0.3 is 28.7 Å². The Morgan fingerprint density at radius 2 is 1.65 bits per heavy atom. The molecule has 0 spiro atoms. The van der Waals surface area contributed by atoms with Gasteiger partial charge in [-0.05, 0) is 77.5 Å². The van der Waals surface area contributed by atoms with E-state index in [1.165, 1.54) is 39.7 Å². The van der Waals surface area contributed by atoms with Crippen molar-refractivity contribution in [2.45, 2.75) is 6.92 Å². The number of ether oxygens (including phenoxy) is 5. The van der Waals surface area contributed by atoms with Gasteiger partial charge in [0.05, 0.1) is 45.2 Å². The number of aromatic amines is 1. The summed E-state index contributed by atoms with van der Waals surface area (Å²) in [6.07, 6.45) is 1.47. The third kappa shape index (κ3) is 6.75. The van der Waals surface area contributed by atoms with Gasteiger partial charge in [0.2, 0.25) is 5.75 Å². The van der Waals surface area contributed by atoms with E-state index in [-0.39, 0.29) is 11.3 Å². The number of halogens is 2. The highest BCUT2D eigenvalue weighted by atomic mass is 127. The normalized spacial score (nSPS) is 11.0. The number of para-hydroxylation sites is 1. The Hall–Kier alpha value is -4.75. The molecular weight excluding hydrogens is 725 g/mol. The number of carbonyl (C=O) groups excluding carboxylic acids is 2. The number of carbonyl (C=O) groups is 2. The second kappa shape index (κ2) is 14.6. The summed E-state index contributed by atoms with van der Waals surface area (Å²) in [5, 5.41) is 5.57. The number of methoxy groups -OCH3 is 3. The molecule has 0 fully saturated rings. The number of esters is 1. The molecule has 0 aliphatic heterocycles. The first-order chi connectivity index (χ1) is 22.3. The van der Waals surface area contributed by atoms with E-state index in [1.54, 1.807) is 24.3 Å². The molecule has 1 heterocycles. The van der Waals surface area contributed by atoms with Gasteiger partial charge in [0, 0.05) is 25.1 Å².